The molecule has 0 atom stereocenters. The van der Waals surface area contributed by atoms with Gasteiger partial charge in [0.05, 0.1) is 12.0 Å². The smallest absolute Gasteiger partial charge is 0.247 e. The van der Waals surface area contributed by atoms with Crippen LogP contribution in [0.4, 0.5) is 0 Å². The molecule has 0 heterocycles. The average Bonchev–Trinajstić information content (AvgIpc) is 2.38. The molecule has 0 aliphatic rings. The van der Waals surface area contributed by atoms with Gasteiger partial charge in [-0.25, -0.2) is 18.2 Å². The van der Waals surface area contributed by atoms with E-state index in [9.17, 15) is 13.2 Å². The number of hydrogen-bond donors (Lipinski definition) is 1. The van der Waals surface area contributed by atoms with Gasteiger partial charge < -0.3 is 0 Å². The molecule has 100 valence electrons. The van der Waals surface area contributed by atoms with Crippen molar-refractivity contribution in [3.63, 3.8) is 0 Å². The van der Waals surface area contributed by atoms with Crippen molar-refractivity contribution in [1.29, 1.82) is 0 Å². The van der Waals surface area contributed by atoms with E-state index in [1.165, 1.54) is 26.3 Å². The Kier molecular flexibility index (Phi) is 5.26. The Morgan fingerprint density at radius 3 is 2.50 bits per heavy atom. The Bertz CT molecular complexity index is 487. The SMILES string of the molecule is CON(C)C(=O)CCNS(=O)(=O)c1ccccc1. The summed E-state index contributed by atoms with van der Waals surface area (Å²) in [5.74, 6) is -0.298. The Labute approximate surface area is 107 Å². The third-order valence-corrected chi connectivity index (χ3v) is 3.79. The molecule has 0 spiro atoms. The van der Waals surface area contributed by atoms with Crippen molar-refractivity contribution >= 4 is 15.9 Å². The van der Waals surface area contributed by atoms with Crippen molar-refractivity contribution in [3.05, 3.63) is 30.3 Å². The van der Waals surface area contributed by atoms with E-state index in [0.717, 1.165) is 5.06 Å². The molecule has 0 unspecified atom stereocenters. The van der Waals surface area contributed by atoms with Gasteiger partial charge in [-0.2, -0.15) is 0 Å². The number of benzene rings is 1. The summed E-state index contributed by atoms with van der Waals surface area (Å²) >= 11 is 0. The van der Waals surface area contributed by atoms with Crippen molar-refractivity contribution in [1.82, 2.24) is 9.79 Å². The predicted molar refractivity (Wildman–Crippen MR) is 66.0 cm³/mol. The first-order chi connectivity index (χ1) is 8.47. The molecule has 0 aliphatic carbocycles. The van der Waals surface area contributed by atoms with Gasteiger partial charge in [-0.05, 0) is 12.1 Å². The van der Waals surface area contributed by atoms with Crippen LogP contribution in [0.2, 0.25) is 0 Å². The minimum atomic E-state index is -3.55. The first-order valence-electron chi connectivity index (χ1n) is 5.33. The number of rotatable bonds is 6. The van der Waals surface area contributed by atoms with Gasteiger partial charge in [0, 0.05) is 20.0 Å². The molecule has 1 N–H and O–H groups in total. The summed E-state index contributed by atoms with van der Waals surface area (Å²) in [7, 11) is -0.717. The van der Waals surface area contributed by atoms with E-state index < -0.39 is 10.0 Å². The maximum absolute atomic E-state index is 11.8. The van der Waals surface area contributed by atoms with E-state index >= 15 is 0 Å². The largest absolute Gasteiger partial charge is 0.275 e. The Morgan fingerprint density at radius 1 is 1.33 bits per heavy atom. The Balaban J connectivity index is 2.52. The average molecular weight is 272 g/mol. The standard InChI is InChI=1S/C11H16N2O4S/c1-13(17-2)11(14)8-9-12-18(15,16)10-6-4-3-5-7-10/h3-7,12H,8-9H2,1-2H3. The highest BCUT2D eigenvalue weighted by Gasteiger charge is 2.14. The van der Waals surface area contributed by atoms with Crippen LogP contribution in [0.1, 0.15) is 6.42 Å². The molecule has 1 rings (SSSR count). The lowest BCUT2D eigenvalue weighted by atomic mass is 10.4. The van der Waals surface area contributed by atoms with Crippen LogP contribution in [-0.4, -0.2) is 40.1 Å². The van der Waals surface area contributed by atoms with Gasteiger partial charge >= 0.3 is 0 Å². The minimum Gasteiger partial charge on any atom is -0.275 e. The molecule has 0 aromatic heterocycles. The lowest BCUT2D eigenvalue weighted by Gasteiger charge is -2.13. The van der Waals surface area contributed by atoms with Gasteiger partial charge in [-0.15, -0.1) is 0 Å². The topological polar surface area (TPSA) is 75.7 Å². The highest BCUT2D eigenvalue weighted by Crippen LogP contribution is 2.06. The molecule has 18 heavy (non-hydrogen) atoms. The van der Waals surface area contributed by atoms with E-state index in [0.29, 0.717) is 0 Å². The zero-order valence-electron chi connectivity index (χ0n) is 10.3. The quantitative estimate of drug-likeness (QED) is 0.759. The normalized spacial score (nSPS) is 11.2. The summed E-state index contributed by atoms with van der Waals surface area (Å²) in [6.07, 6.45) is 0.0381. The molecular weight excluding hydrogens is 256 g/mol. The molecule has 6 nitrogen and oxygen atoms in total. The summed E-state index contributed by atoms with van der Waals surface area (Å²) in [6, 6.07) is 7.99. The lowest BCUT2D eigenvalue weighted by Crippen LogP contribution is -2.31. The van der Waals surface area contributed by atoms with Crippen LogP contribution in [0.25, 0.3) is 0 Å². The first kappa shape index (κ1) is 14.6. The summed E-state index contributed by atoms with van der Waals surface area (Å²) in [4.78, 5) is 16.2. The molecule has 0 aliphatic heterocycles. The summed E-state index contributed by atoms with van der Waals surface area (Å²) in [5, 5.41) is 1.05. The molecule has 0 radical (unpaired) electrons. The fourth-order valence-electron chi connectivity index (χ4n) is 1.23. The van der Waals surface area contributed by atoms with E-state index in [2.05, 4.69) is 9.56 Å². The van der Waals surface area contributed by atoms with Gasteiger partial charge in [-0.3, -0.25) is 9.63 Å². The van der Waals surface area contributed by atoms with Crippen LogP contribution in [0.3, 0.4) is 0 Å². The maximum Gasteiger partial charge on any atom is 0.247 e. The summed E-state index contributed by atoms with van der Waals surface area (Å²) in [6.45, 7) is 0.0315. The van der Waals surface area contributed by atoms with Crippen molar-refractivity contribution in [3.8, 4) is 0 Å². The fraction of sp³-hybridized carbons (Fsp3) is 0.364. The second kappa shape index (κ2) is 6.48. The van der Waals surface area contributed by atoms with Gasteiger partial charge in [0.1, 0.15) is 0 Å². The van der Waals surface area contributed by atoms with Gasteiger partial charge in [0.2, 0.25) is 15.9 Å². The van der Waals surface area contributed by atoms with Crippen molar-refractivity contribution in [2.24, 2.45) is 0 Å². The minimum absolute atomic E-state index is 0.0315. The van der Waals surface area contributed by atoms with E-state index in [1.807, 2.05) is 0 Å². The molecule has 0 saturated heterocycles. The zero-order chi connectivity index (χ0) is 13.6. The van der Waals surface area contributed by atoms with E-state index in [4.69, 9.17) is 0 Å². The van der Waals surface area contributed by atoms with Crippen LogP contribution >= 0.6 is 0 Å². The van der Waals surface area contributed by atoms with Gasteiger partial charge in [0.25, 0.3) is 0 Å². The molecule has 0 fully saturated rings. The van der Waals surface area contributed by atoms with Crippen LogP contribution < -0.4 is 4.72 Å². The highest BCUT2D eigenvalue weighted by atomic mass is 32.2. The number of hydrogen-bond acceptors (Lipinski definition) is 4. The predicted octanol–water partition coefficient (Wildman–Crippen LogP) is 0.375. The molecule has 1 aromatic carbocycles. The number of carbonyl (C=O) groups excluding carboxylic acids is 1. The fourth-order valence-corrected chi connectivity index (χ4v) is 2.29. The molecular formula is C11H16N2O4S. The van der Waals surface area contributed by atoms with Crippen molar-refractivity contribution in [2.45, 2.75) is 11.3 Å². The maximum atomic E-state index is 11.8. The zero-order valence-corrected chi connectivity index (χ0v) is 11.1. The Hall–Kier alpha value is -1.44. The van der Waals surface area contributed by atoms with Crippen LogP contribution in [0.15, 0.2) is 35.2 Å². The van der Waals surface area contributed by atoms with Gasteiger partial charge in [-0.1, -0.05) is 18.2 Å². The molecule has 0 bridgehead atoms. The second-order valence-electron chi connectivity index (χ2n) is 3.53. The number of carbonyl (C=O) groups is 1. The van der Waals surface area contributed by atoms with E-state index in [1.54, 1.807) is 18.2 Å². The molecule has 1 aromatic rings. The summed E-state index contributed by atoms with van der Waals surface area (Å²) in [5.41, 5.74) is 0. The van der Waals surface area contributed by atoms with Gasteiger partial charge in [0.15, 0.2) is 0 Å². The highest BCUT2D eigenvalue weighted by molar-refractivity contribution is 7.89. The number of hydroxylamine groups is 2. The summed E-state index contributed by atoms with van der Waals surface area (Å²) < 4.78 is 25.9. The Morgan fingerprint density at radius 2 is 1.94 bits per heavy atom. The van der Waals surface area contributed by atoms with Crippen LogP contribution in [-0.2, 0) is 19.7 Å². The molecule has 7 heteroatoms. The third kappa shape index (κ3) is 4.10. The second-order valence-corrected chi connectivity index (χ2v) is 5.30. The van der Waals surface area contributed by atoms with Crippen LogP contribution in [0, 0.1) is 0 Å². The molecule has 1 amide bonds. The van der Waals surface area contributed by atoms with E-state index in [-0.39, 0.29) is 23.8 Å². The third-order valence-electron chi connectivity index (χ3n) is 2.31. The first-order valence-corrected chi connectivity index (χ1v) is 6.81. The number of sulfonamides is 1. The van der Waals surface area contributed by atoms with Crippen molar-refractivity contribution in [2.75, 3.05) is 20.7 Å². The van der Waals surface area contributed by atoms with Crippen LogP contribution in [0.5, 0.6) is 0 Å². The number of nitrogens with one attached hydrogen (secondary N) is 1. The number of amides is 1. The van der Waals surface area contributed by atoms with Crippen molar-refractivity contribution < 1.29 is 18.0 Å². The number of nitrogens with zero attached hydrogens (tertiary/aromatic N) is 1. The molecule has 0 saturated carbocycles. The monoisotopic (exact) mass is 272 g/mol. The lowest BCUT2D eigenvalue weighted by molar-refractivity contribution is -0.168.